The minimum atomic E-state index is 0.0736. The Morgan fingerprint density at radius 2 is 2.13 bits per heavy atom. The number of hydrogen-bond acceptors (Lipinski definition) is 2. The van der Waals surface area contributed by atoms with Crippen LogP contribution in [0.1, 0.15) is 46.5 Å². The lowest BCUT2D eigenvalue weighted by atomic mass is 9.88. The molecule has 1 saturated carbocycles. The predicted octanol–water partition coefficient (Wildman–Crippen LogP) is 2.42. The van der Waals surface area contributed by atoms with E-state index < -0.39 is 0 Å². The second kappa shape index (κ2) is 5.86. The third kappa shape index (κ3) is 4.12. The van der Waals surface area contributed by atoms with E-state index in [1.807, 2.05) is 0 Å². The summed E-state index contributed by atoms with van der Waals surface area (Å²) in [6, 6.07) is 0. The maximum Gasteiger partial charge on any atom is 0.0496 e. The molecule has 0 aromatic carbocycles. The molecule has 3 unspecified atom stereocenters. The van der Waals surface area contributed by atoms with Gasteiger partial charge in [0.2, 0.25) is 0 Å². The first-order valence-electron chi connectivity index (χ1n) is 6.41. The van der Waals surface area contributed by atoms with Crippen LogP contribution in [0.25, 0.3) is 0 Å². The Bertz CT molecular complexity index is 177. The summed E-state index contributed by atoms with van der Waals surface area (Å²) < 4.78 is 0. The van der Waals surface area contributed by atoms with Crippen LogP contribution in [0.5, 0.6) is 0 Å². The maximum atomic E-state index is 9.28. The van der Waals surface area contributed by atoms with Crippen LogP contribution in [-0.4, -0.2) is 24.8 Å². The minimum Gasteiger partial charge on any atom is -0.396 e. The summed E-state index contributed by atoms with van der Waals surface area (Å²) in [5, 5.41) is 12.8. The topological polar surface area (TPSA) is 32.3 Å². The Morgan fingerprint density at radius 3 is 2.60 bits per heavy atom. The van der Waals surface area contributed by atoms with E-state index in [9.17, 15) is 5.11 Å². The summed E-state index contributed by atoms with van der Waals surface area (Å²) >= 11 is 0. The Balaban J connectivity index is 2.15. The SMILES string of the molecule is CCC(C)(CO)CNCC1CCC(C)C1. The molecule has 1 rings (SSSR count). The lowest BCUT2D eigenvalue weighted by Crippen LogP contribution is -2.36. The fourth-order valence-electron chi connectivity index (χ4n) is 2.38. The van der Waals surface area contributed by atoms with Crippen molar-refractivity contribution in [2.24, 2.45) is 17.3 Å². The maximum absolute atomic E-state index is 9.28. The molecule has 1 aliphatic rings. The number of rotatable bonds is 6. The highest BCUT2D eigenvalue weighted by atomic mass is 16.3. The zero-order valence-corrected chi connectivity index (χ0v) is 10.6. The highest BCUT2D eigenvalue weighted by Crippen LogP contribution is 2.29. The van der Waals surface area contributed by atoms with E-state index in [-0.39, 0.29) is 12.0 Å². The molecule has 15 heavy (non-hydrogen) atoms. The standard InChI is InChI=1S/C13H27NO/c1-4-13(3,10-15)9-14-8-12-6-5-11(2)7-12/h11-12,14-15H,4-10H2,1-3H3. The van der Waals surface area contributed by atoms with Crippen molar-refractivity contribution in [3.8, 4) is 0 Å². The molecule has 0 spiro atoms. The quantitative estimate of drug-likeness (QED) is 0.710. The molecule has 1 fully saturated rings. The van der Waals surface area contributed by atoms with E-state index in [1.165, 1.54) is 19.3 Å². The third-order valence-corrected chi connectivity index (χ3v) is 4.02. The van der Waals surface area contributed by atoms with Gasteiger partial charge in [0.25, 0.3) is 0 Å². The molecule has 0 amide bonds. The van der Waals surface area contributed by atoms with E-state index in [2.05, 4.69) is 26.1 Å². The molecule has 1 aliphatic carbocycles. The Labute approximate surface area is 94.5 Å². The van der Waals surface area contributed by atoms with Crippen LogP contribution in [0.15, 0.2) is 0 Å². The highest BCUT2D eigenvalue weighted by molar-refractivity contribution is 4.78. The fourth-order valence-corrected chi connectivity index (χ4v) is 2.38. The number of aliphatic hydroxyl groups is 1. The Kier molecular flexibility index (Phi) is 5.07. The van der Waals surface area contributed by atoms with Gasteiger partial charge in [-0.2, -0.15) is 0 Å². The first-order valence-corrected chi connectivity index (χ1v) is 6.41. The van der Waals surface area contributed by atoms with Crippen molar-refractivity contribution in [1.29, 1.82) is 0 Å². The molecular weight excluding hydrogens is 186 g/mol. The molecule has 0 aromatic rings. The Hall–Kier alpha value is -0.0800. The van der Waals surface area contributed by atoms with Crippen molar-refractivity contribution in [1.82, 2.24) is 5.32 Å². The van der Waals surface area contributed by atoms with E-state index in [4.69, 9.17) is 0 Å². The first-order chi connectivity index (χ1) is 7.09. The van der Waals surface area contributed by atoms with Crippen molar-refractivity contribution in [2.45, 2.75) is 46.5 Å². The molecule has 0 radical (unpaired) electrons. The molecule has 2 N–H and O–H groups in total. The Morgan fingerprint density at radius 1 is 1.40 bits per heavy atom. The molecule has 0 aliphatic heterocycles. The highest BCUT2D eigenvalue weighted by Gasteiger charge is 2.23. The van der Waals surface area contributed by atoms with Crippen LogP contribution in [0.4, 0.5) is 0 Å². The third-order valence-electron chi connectivity index (χ3n) is 4.02. The molecule has 0 heterocycles. The van der Waals surface area contributed by atoms with Gasteiger partial charge in [-0.25, -0.2) is 0 Å². The smallest absolute Gasteiger partial charge is 0.0496 e. The molecule has 0 bridgehead atoms. The van der Waals surface area contributed by atoms with Gasteiger partial charge in [-0.15, -0.1) is 0 Å². The van der Waals surface area contributed by atoms with Gasteiger partial charge >= 0.3 is 0 Å². The van der Waals surface area contributed by atoms with Crippen LogP contribution < -0.4 is 5.32 Å². The van der Waals surface area contributed by atoms with E-state index in [0.717, 1.165) is 31.3 Å². The average molecular weight is 213 g/mol. The van der Waals surface area contributed by atoms with Crippen LogP contribution in [0.3, 0.4) is 0 Å². The largest absolute Gasteiger partial charge is 0.396 e. The summed E-state index contributed by atoms with van der Waals surface area (Å²) in [4.78, 5) is 0. The van der Waals surface area contributed by atoms with Crippen LogP contribution in [-0.2, 0) is 0 Å². The summed E-state index contributed by atoms with van der Waals surface area (Å²) in [6.07, 6.45) is 5.21. The van der Waals surface area contributed by atoms with E-state index in [0.29, 0.717) is 0 Å². The molecular formula is C13H27NO. The molecule has 0 aromatic heterocycles. The second-order valence-corrected chi connectivity index (χ2v) is 5.74. The van der Waals surface area contributed by atoms with Gasteiger partial charge in [-0.05, 0) is 37.6 Å². The number of aliphatic hydroxyl groups excluding tert-OH is 1. The van der Waals surface area contributed by atoms with E-state index >= 15 is 0 Å². The summed E-state index contributed by atoms with van der Waals surface area (Å²) in [5.74, 6) is 1.80. The van der Waals surface area contributed by atoms with Gasteiger partial charge in [0, 0.05) is 18.6 Å². The molecule has 2 heteroatoms. The number of hydrogen-bond donors (Lipinski definition) is 2. The van der Waals surface area contributed by atoms with Crippen LogP contribution >= 0.6 is 0 Å². The summed E-state index contributed by atoms with van der Waals surface area (Å²) in [5.41, 5.74) is 0.0736. The van der Waals surface area contributed by atoms with Crippen LogP contribution in [0.2, 0.25) is 0 Å². The zero-order valence-electron chi connectivity index (χ0n) is 10.6. The predicted molar refractivity (Wildman–Crippen MR) is 64.9 cm³/mol. The second-order valence-electron chi connectivity index (χ2n) is 5.74. The van der Waals surface area contributed by atoms with E-state index in [1.54, 1.807) is 0 Å². The van der Waals surface area contributed by atoms with Gasteiger partial charge in [-0.1, -0.05) is 27.2 Å². The fraction of sp³-hybridized carbons (Fsp3) is 1.00. The zero-order chi connectivity index (χ0) is 11.3. The normalized spacial score (nSPS) is 30.4. The molecule has 2 nitrogen and oxygen atoms in total. The van der Waals surface area contributed by atoms with Gasteiger partial charge in [0.1, 0.15) is 0 Å². The van der Waals surface area contributed by atoms with Gasteiger partial charge in [0.05, 0.1) is 0 Å². The molecule has 0 saturated heterocycles. The number of nitrogens with one attached hydrogen (secondary N) is 1. The lowest BCUT2D eigenvalue weighted by Gasteiger charge is -2.26. The summed E-state index contributed by atoms with van der Waals surface area (Å²) in [7, 11) is 0. The van der Waals surface area contributed by atoms with Gasteiger partial charge in [-0.3, -0.25) is 0 Å². The van der Waals surface area contributed by atoms with Crippen molar-refractivity contribution < 1.29 is 5.11 Å². The molecule has 90 valence electrons. The van der Waals surface area contributed by atoms with Crippen molar-refractivity contribution in [2.75, 3.05) is 19.7 Å². The van der Waals surface area contributed by atoms with Crippen molar-refractivity contribution in [3.63, 3.8) is 0 Å². The van der Waals surface area contributed by atoms with Crippen molar-refractivity contribution >= 4 is 0 Å². The van der Waals surface area contributed by atoms with Crippen molar-refractivity contribution in [3.05, 3.63) is 0 Å². The van der Waals surface area contributed by atoms with Gasteiger partial charge in [0.15, 0.2) is 0 Å². The first kappa shape index (κ1) is 13.0. The van der Waals surface area contributed by atoms with Gasteiger partial charge < -0.3 is 10.4 Å². The van der Waals surface area contributed by atoms with Crippen LogP contribution in [0, 0.1) is 17.3 Å². The summed E-state index contributed by atoms with van der Waals surface area (Å²) in [6.45, 7) is 9.03. The molecule has 3 atom stereocenters. The minimum absolute atomic E-state index is 0.0736. The average Bonchev–Trinajstić information content (AvgIpc) is 2.64. The monoisotopic (exact) mass is 213 g/mol. The lowest BCUT2D eigenvalue weighted by molar-refractivity contribution is 0.134.